The fourth-order valence-electron chi connectivity index (χ4n) is 2.21. The number of carbonyl (C=O) groups excluding carboxylic acids is 2. The van der Waals surface area contributed by atoms with Gasteiger partial charge >= 0.3 is 0 Å². The van der Waals surface area contributed by atoms with Crippen LogP contribution in [-0.4, -0.2) is 46.4 Å². The van der Waals surface area contributed by atoms with Gasteiger partial charge < -0.3 is 4.90 Å². The summed E-state index contributed by atoms with van der Waals surface area (Å²) < 4.78 is 1.06. The number of fused-ring (bicyclic) bond motifs is 1. The second kappa shape index (κ2) is 6.03. The van der Waals surface area contributed by atoms with Crippen molar-refractivity contribution in [3.8, 4) is 0 Å². The maximum absolute atomic E-state index is 12.4. The van der Waals surface area contributed by atoms with Crippen LogP contribution in [0.25, 0.3) is 10.2 Å². The molecule has 1 saturated heterocycles. The number of thiazole rings is 1. The number of nitrogens with zero attached hydrogens (tertiary/aromatic N) is 3. The maximum Gasteiger partial charge on any atom is 0.282 e. The summed E-state index contributed by atoms with van der Waals surface area (Å²) in [6, 6.07) is 7.83. The largest absolute Gasteiger partial charge is 0.323 e. The zero-order valence-electron chi connectivity index (χ0n) is 11.6. The number of rotatable bonds is 4. The third-order valence-corrected chi connectivity index (χ3v) is 5.25. The fraction of sp³-hybridized carbons (Fsp3) is 0.357. The molecule has 2 amide bonds. The lowest BCUT2D eigenvalue weighted by Crippen LogP contribution is -2.40. The van der Waals surface area contributed by atoms with Gasteiger partial charge in [-0.25, -0.2) is 4.98 Å². The van der Waals surface area contributed by atoms with Crippen molar-refractivity contribution < 1.29 is 9.59 Å². The van der Waals surface area contributed by atoms with Gasteiger partial charge in [-0.1, -0.05) is 35.2 Å². The number of benzene rings is 1. The summed E-state index contributed by atoms with van der Waals surface area (Å²) in [5, 5.41) is 0.687. The minimum absolute atomic E-state index is 0.0105. The van der Waals surface area contributed by atoms with Gasteiger partial charge in [-0.05, 0) is 19.1 Å². The van der Waals surface area contributed by atoms with Gasteiger partial charge in [-0.3, -0.25) is 14.5 Å². The average molecular weight is 321 g/mol. The first-order valence-electron chi connectivity index (χ1n) is 6.76. The van der Waals surface area contributed by atoms with Crippen molar-refractivity contribution in [2.24, 2.45) is 0 Å². The molecule has 0 N–H and O–H groups in total. The lowest BCUT2D eigenvalue weighted by Gasteiger charge is -2.21. The molecule has 1 aromatic heterocycles. The molecule has 3 rings (SSSR count). The molecule has 0 aliphatic carbocycles. The van der Waals surface area contributed by atoms with Gasteiger partial charge in [0.15, 0.2) is 5.13 Å². The molecule has 1 aromatic carbocycles. The van der Waals surface area contributed by atoms with Crippen molar-refractivity contribution in [1.29, 1.82) is 0 Å². The Kier molecular flexibility index (Phi) is 4.12. The quantitative estimate of drug-likeness (QED) is 0.869. The van der Waals surface area contributed by atoms with E-state index in [-0.39, 0.29) is 17.7 Å². The molecule has 0 unspecified atom stereocenters. The van der Waals surface area contributed by atoms with Crippen LogP contribution in [0.2, 0.25) is 0 Å². The lowest BCUT2D eigenvalue weighted by atomic mass is 10.3. The van der Waals surface area contributed by atoms with Gasteiger partial charge in [0.25, 0.3) is 5.24 Å². The standard InChI is InChI=1S/C14H15N3O2S2/c1-2-17(12(18)9-16-7-8-20-14(16)19)13-15-10-5-3-4-6-11(10)21-13/h3-6H,2,7-9H2,1H3. The Bertz CT molecular complexity index is 653. The van der Waals surface area contributed by atoms with E-state index in [4.69, 9.17) is 0 Å². The molecule has 0 bridgehead atoms. The third kappa shape index (κ3) is 2.89. The van der Waals surface area contributed by atoms with Crippen molar-refractivity contribution >= 4 is 49.6 Å². The van der Waals surface area contributed by atoms with Crippen LogP contribution in [0.1, 0.15) is 6.92 Å². The second-order valence-electron chi connectivity index (χ2n) is 4.64. The van der Waals surface area contributed by atoms with Crippen molar-refractivity contribution in [3.63, 3.8) is 0 Å². The van der Waals surface area contributed by atoms with E-state index in [1.54, 1.807) is 9.80 Å². The van der Waals surface area contributed by atoms with Gasteiger partial charge in [0, 0.05) is 18.8 Å². The predicted molar refractivity (Wildman–Crippen MR) is 87.1 cm³/mol. The monoisotopic (exact) mass is 321 g/mol. The molecular weight excluding hydrogens is 306 g/mol. The van der Waals surface area contributed by atoms with Gasteiger partial charge in [0.05, 0.1) is 10.2 Å². The van der Waals surface area contributed by atoms with Crippen LogP contribution < -0.4 is 4.90 Å². The van der Waals surface area contributed by atoms with Crippen molar-refractivity contribution in [2.75, 3.05) is 30.3 Å². The van der Waals surface area contributed by atoms with Gasteiger partial charge in [-0.2, -0.15) is 0 Å². The topological polar surface area (TPSA) is 53.5 Å². The molecule has 1 aliphatic rings. The Hall–Kier alpha value is -1.60. The summed E-state index contributed by atoms with van der Waals surface area (Å²) >= 11 is 2.77. The normalized spacial score (nSPS) is 14.9. The third-order valence-electron chi connectivity index (χ3n) is 3.30. The van der Waals surface area contributed by atoms with E-state index in [0.717, 1.165) is 16.0 Å². The van der Waals surface area contributed by atoms with Crippen LogP contribution in [0.5, 0.6) is 0 Å². The van der Waals surface area contributed by atoms with Crippen molar-refractivity contribution in [1.82, 2.24) is 9.88 Å². The van der Waals surface area contributed by atoms with Gasteiger partial charge in [0.2, 0.25) is 5.91 Å². The summed E-state index contributed by atoms with van der Waals surface area (Å²) in [5.41, 5.74) is 0.900. The van der Waals surface area contributed by atoms with E-state index in [1.165, 1.54) is 23.1 Å². The number of para-hydroxylation sites is 1. The van der Waals surface area contributed by atoms with E-state index < -0.39 is 0 Å². The molecule has 110 valence electrons. The Balaban J connectivity index is 1.80. The summed E-state index contributed by atoms with van der Waals surface area (Å²) in [4.78, 5) is 31.8. The first-order valence-corrected chi connectivity index (χ1v) is 8.57. The maximum atomic E-state index is 12.4. The molecule has 0 radical (unpaired) electrons. The molecule has 7 heteroatoms. The van der Waals surface area contributed by atoms with Crippen LogP contribution in [-0.2, 0) is 4.79 Å². The molecule has 2 heterocycles. The molecular formula is C14H15N3O2S2. The summed E-state index contributed by atoms with van der Waals surface area (Å²) in [7, 11) is 0. The van der Waals surface area contributed by atoms with Crippen LogP contribution >= 0.6 is 23.1 Å². The Labute approximate surface area is 130 Å². The molecule has 1 aliphatic heterocycles. The Morgan fingerprint density at radius 1 is 1.43 bits per heavy atom. The highest BCUT2D eigenvalue weighted by Crippen LogP contribution is 2.28. The average Bonchev–Trinajstić information content (AvgIpc) is 3.06. The zero-order valence-corrected chi connectivity index (χ0v) is 13.2. The van der Waals surface area contributed by atoms with E-state index in [1.807, 2.05) is 31.2 Å². The highest BCUT2D eigenvalue weighted by molar-refractivity contribution is 8.13. The van der Waals surface area contributed by atoms with E-state index >= 15 is 0 Å². The van der Waals surface area contributed by atoms with Gasteiger partial charge in [0.1, 0.15) is 6.54 Å². The highest BCUT2D eigenvalue weighted by Gasteiger charge is 2.26. The van der Waals surface area contributed by atoms with E-state index in [2.05, 4.69) is 4.98 Å². The summed E-state index contributed by atoms with van der Waals surface area (Å²) in [6.45, 7) is 3.25. The highest BCUT2D eigenvalue weighted by atomic mass is 32.2. The number of amides is 2. The van der Waals surface area contributed by atoms with Crippen LogP contribution in [0.4, 0.5) is 9.93 Å². The SMILES string of the molecule is CCN(C(=O)CN1CCSC1=O)c1nc2ccccc2s1. The number of carbonyl (C=O) groups is 2. The minimum Gasteiger partial charge on any atom is -0.323 e. The predicted octanol–water partition coefficient (Wildman–Crippen LogP) is 2.82. The van der Waals surface area contributed by atoms with Crippen molar-refractivity contribution in [2.45, 2.75) is 6.92 Å². The number of anilines is 1. The minimum atomic E-state index is -0.0765. The summed E-state index contributed by atoms with van der Waals surface area (Å²) in [5.74, 6) is 0.687. The molecule has 0 spiro atoms. The molecule has 2 aromatic rings. The smallest absolute Gasteiger partial charge is 0.282 e. The van der Waals surface area contributed by atoms with Crippen LogP contribution in [0.3, 0.4) is 0 Å². The van der Waals surface area contributed by atoms with Gasteiger partial charge in [-0.15, -0.1) is 0 Å². The number of hydrogen-bond donors (Lipinski definition) is 0. The van der Waals surface area contributed by atoms with Crippen molar-refractivity contribution in [3.05, 3.63) is 24.3 Å². The van der Waals surface area contributed by atoms with E-state index in [9.17, 15) is 9.59 Å². The number of thioether (sulfide) groups is 1. The van der Waals surface area contributed by atoms with Crippen LogP contribution in [0, 0.1) is 0 Å². The first kappa shape index (κ1) is 14.3. The fourth-order valence-corrected chi connectivity index (χ4v) is 4.08. The second-order valence-corrected chi connectivity index (χ2v) is 6.69. The van der Waals surface area contributed by atoms with E-state index in [0.29, 0.717) is 18.2 Å². The zero-order chi connectivity index (χ0) is 14.8. The molecule has 0 atom stereocenters. The summed E-state index contributed by atoms with van der Waals surface area (Å²) in [6.07, 6.45) is 0. The molecule has 1 fully saturated rings. The molecule has 21 heavy (non-hydrogen) atoms. The lowest BCUT2D eigenvalue weighted by molar-refractivity contribution is -0.119. The number of hydrogen-bond acceptors (Lipinski definition) is 5. The van der Waals surface area contributed by atoms with Crippen LogP contribution in [0.15, 0.2) is 24.3 Å². The Morgan fingerprint density at radius 3 is 2.90 bits per heavy atom. The number of likely N-dealkylation sites (N-methyl/N-ethyl adjacent to an activating group) is 1. The first-order chi connectivity index (χ1) is 10.2. The molecule has 5 nitrogen and oxygen atoms in total. The Morgan fingerprint density at radius 2 is 2.24 bits per heavy atom. The molecule has 0 saturated carbocycles. The number of aromatic nitrogens is 1.